The minimum atomic E-state index is 0.620. The van der Waals surface area contributed by atoms with E-state index < -0.39 is 0 Å². The molecule has 0 aliphatic heterocycles. The maximum absolute atomic E-state index is 5.51. The van der Waals surface area contributed by atoms with Gasteiger partial charge in [0.1, 0.15) is 11.2 Å². The van der Waals surface area contributed by atoms with Crippen LogP contribution in [-0.4, -0.2) is 20.0 Å². The van der Waals surface area contributed by atoms with Crippen molar-refractivity contribution in [3.05, 3.63) is 36.0 Å². The lowest BCUT2D eigenvalue weighted by Gasteiger charge is -2.03. The van der Waals surface area contributed by atoms with E-state index in [2.05, 4.69) is 27.5 Å². The zero-order valence-corrected chi connectivity index (χ0v) is 11.6. The Labute approximate surface area is 116 Å². The number of rotatable bonds is 5. The number of benzene rings is 1. The van der Waals surface area contributed by atoms with Crippen molar-refractivity contribution in [3.8, 4) is 0 Å². The van der Waals surface area contributed by atoms with Gasteiger partial charge in [0.15, 0.2) is 11.5 Å². The van der Waals surface area contributed by atoms with Crippen molar-refractivity contribution in [1.29, 1.82) is 0 Å². The van der Waals surface area contributed by atoms with Crippen molar-refractivity contribution >= 4 is 16.8 Å². The number of hydrogen-bond acceptors (Lipinski definition) is 5. The van der Waals surface area contributed by atoms with E-state index in [0.29, 0.717) is 12.4 Å². The molecule has 0 aliphatic carbocycles. The summed E-state index contributed by atoms with van der Waals surface area (Å²) in [6.07, 6.45) is 3.01. The summed E-state index contributed by atoms with van der Waals surface area (Å²) in [5.41, 5.74) is 3.51. The van der Waals surface area contributed by atoms with Crippen LogP contribution in [0, 0.1) is 6.92 Å². The first-order chi connectivity index (χ1) is 9.76. The predicted molar refractivity (Wildman–Crippen MR) is 76.4 cm³/mol. The lowest BCUT2D eigenvalue weighted by atomic mass is 10.2. The largest absolute Gasteiger partial charge is 0.441 e. The van der Waals surface area contributed by atoms with Crippen molar-refractivity contribution in [2.45, 2.75) is 33.4 Å². The topological polar surface area (TPSA) is 68.8 Å². The summed E-state index contributed by atoms with van der Waals surface area (Å²) in [5.74, 6) is 0.670. The smallest absolute Gasteiger partial charge is 0.192 e. The van der Waals surface area contributed by atoms with Gasteiger partial charge in [0.2, 0.25) is 0 Å². The molecule has 3 rings (SSSR count). The van der Waals surface area contributed by atoms with E-state index in [4.69, 9.17) is 4.42 Å². The van der Waals surface area contributed by atoms with E-state index in [1.165, 1.54) is 0 Å². The molecule has 0 saturated heterocycles. The molecule has 0 atom stereocenters. The Morgan fingerprint density at radius 2 is 2.25 bits per heavy atom. The Hall–Kier alpha value is -2.37. The summed E-state index contributed by atoms with van der Waals surface area (Å²) in [5, 5.41) is 11.6. The standard InChI is InChI=1S/C14H17N5O/c1-3-7-19-9-11(17-18-19)8-15-12-5-4-6-13-14(12)16-10(2)20-13/h4-6,9,15H,3,7-8H2,1-2H3. The second-order valence-corrected chi connectivity index (χ2v) is 4.71. The van der Waals surface area contributed by atoms with Crippen LogP contribution in [0.5, 0.6) is 0 Å². The van der Waals surface area contributed by atoms with Gasteiger partial charge in [-0.2, -0.15) is 0 Å². The molecule has 1 N–H and O–H groups in total. The van der Waals surface area contributed by atoms with Crippen LogP contribution in [0.4, 0.5) is 5.69 Å². The maximum atomic E-state index is 5.51. The van der Waals surface area contributed by atoms with E-state index >= 15 is 0 Å². The summed E-state index contributed by atoms with van der Waals surface area (Å²) in [6, 6.07) is 5.85. The average molecular weight is 271 g/mol. The molecule has 3 aromatic rings. The van der Waals surface area contributed by atoms with E-state index in [1.807, 2.05) is 36.0 Å². The van der Waals surface area contributed by atoms with Gasteiger partial charge in [-0.05, 0) is 18.6 Å². The molecular formula is C14H17N5O. The van der Waals surface area contributed by atoms with Crippen LogP contribution in [0.15, 0.2) is 28.8 Å². The number of fused-ring (bicyclic) bond motifs is 1. The highest BCUT2D eigenvalue weighted by molar-refractivity contribution is 5.86. The van der Waals surface area contributed by atoms with Crippen LogP contribution in [0.2, 0.25) is 0 Å². The third kappa shape index (κ3) is 2.49. The Morgan fingerprint density at radius 3 is 3.10 bits per heavy atom. The molecule has 0 amide bonds. The summed E-state index contributed by atoms with van der Waals surface area (Å²) >= 11 is 0. The molecule has 1 aromatic carbocycles. The summed E-state index contributed by atoms with van der Waals surface area (Å²) in [4.78, 5) is 4.39. The first kappa shape index (κ1) is 12.7. The monoisotopic (exact) mass is 271 g/mol. The fourth-order valence-corrected chi connectivity index (χ4v) is 2.15. The van der Waals surface area contributed by atoms with Gasteiger partial charge in [-0.3, -0.25) is 4.68 Å². The van der Waals surface area contributed by atoms with Crippen molar-refractivity contribution in [3.63, 3.8) is 0 Å². The minimum absolute atomic E-state index is 0.620. The first-order valence-corrected chi connectivity index (χ1v) is 6.75. The van der Waals surface area contributed by atoms with Gasteiger partial charge in [-0.1, -0.05) is 18.2 Å². The fourth-order valence-electron chi connectivity index (χ4n) is 2.15. The van der Waals surface area contributed by atoms with Crippen LogP contribution in [0.25, 0.3) is 11.1 Å². The number of hydrogen-bond donors (Lipinski definition) is 1. The molecule has 104 valence electrons. The normalized spacial score (nSPS) is 11.1. The molecule has 2 heterocycles. The van der Waals surface area contributed by atoms with Crippen molar-refractivity contribution in [2.75, 3.05) is 5.32 Å². The number of aromatic nitrogens is 4. The third-order valence-electron chi connectivity index (χ3n) is 3.02. The van der Waals surface area contributed by atoms with Crippen LogP contribution >= 0.6 is 0 Å². The van der Waals surface area contributed by atoms with Crippen LogP contribution in [0.3, 0.4) is 0 Å². The molecule has 0 bridgehead atoms. The van der Waals surface area contributed by atoms with Gasteiger partial charge in [0.05, 0.1) is 18.4 Å². The number of nitrogens with zero attached hydrogens (tertiary/aromatic N) is 4. The highest BCUT2D eigenvalue weighted by Crippen LogP contribution is 2.23. The van der Waals surface area contributed by atoms with Crippen molar-refractivity contribution in [1.82, 2.24) is 20.0 Å². The van der Waals surface area contributed by atoms with Gasteiger partial charge in [-0.25, -0.2) is 4.98 Å². The Balaban J connectivity index is 1.75. The van der Waals surface area contributed by atoms with Crippen LogP contribution < -0.4 is 5.32 Å². The lowest BCUT2D eigenvalue weighted by molar-refractivity contribution is 0.561. The molecule has 6 nitrogen and oxygen atoms in total. The van der Waals surface area contributed by atoms with Crippen LogP contribution in [0.1, 0.15) is 24.9 Å². The predicted octanol–water partition coefficient (Wildman–Crippen LogP) is 2.75. The molecule has 6 heteroatoms. The molecule has 0 spiro atoms. The van der Waals surface area contributed by atoms with Gasteiger partial charge in [0.25, 0.3) is 0 Å². The molecule has 2 aromatic heterocycles. The Bertz CT molecular complexity index is 715. The second kappa shape index (κ2) is 5.32. The van der Waals surface area contributed by atoms with Crippen LogP contribution in [-0.2, 0) is 13.1 Å². The number of anilines is 1. The molecule has 0 unspecified atom stereocenters. The van der Waals surface area contributed by atoms with Gasteiger partial charge in [-0.15, -0.1) is 5.10 Å². The van der Waals surface area contributed by atoms with Gasteiger partial charge >= 0.3 is 0 Å². The number of para-hydroxylation sites is 1. The zero-order chi connectivity index (χ0) is 13.9. The fraction of sp³-hybridized carbons (Fsp3) is 0.357. The summed E-state index contributed by atoms with van der Waals surface area (Å²) in [6.45, 7) is 5.48. The van der Waals surface area contributed by atoms with Crippen molar-refractivity contribution in [2.24, 2.45) is 0 Å². The molecular weight excluding hydrogens is 254 g/mol. The molecule has 0 saturated carbocycles. The molecule has 0 aliphatic rings. The molecule has 0 fully saturated rings. The van der Waals surface area contributed by atoms with E-state index in [-0.39, 0.29) is 0 Å². The van der Waals surface area contributed by atoms with E-state index in [1.54, 1.807) is 0 Å². The maximum Gasteiger partial charge on any atom is 0.192 e. The lowest BCUT2D eigenvalue weighted by Crippen LogP contribution is -2.00. The highest BCUT2D eigenvalue weighted by Gasteiger charge is 2.07. The number of aryl methyl sites for hydroxylation is 2. The Kier molecular flexibility index (Phi) is 3.37. The zero-order valence-electron chi connectivity index (χ0n) is 11.6. The highest BCUT2D eigenvalue weighted by atomic mass is 16.3. The third-order valence-corrected chi connectivity index (χ3v) is 3.02. The van der Waals surface area contributed by atoms with E-state index in [9.17, 15) is 0 Å². The number of oxazole rings is 1. The first-order valence-electron chi connectivity index (χ1n) is 6.75. The second-order valence-electron chi connectivity index (χ2n) is 4.71. The molecule has 0 radical (unpaired) electrons. The Morgan fingerprint density at radius 1 is 1.35 bits per heavy atom. The SMILES string of the molecule is CCCn1cc(CNc2cccc3oc(C)nc23)nn1. The summed E-state index contributed by atoms with van der Waals surface area (Å²) in [7, 11) is 0. The van der Waals surface area contributed by atoms with E-state index in [0.717, 1.165) is 35.4 Å². The van der Waals surface area contributed by atoms with Gasteiger partial charge in [0, 0.05) is 13.5 Å². The summed E-state index contributed by atoms with van der Waals surface area (Å²) < 4.78 is 7.37. The van der Waals surface area contributed by atoms with Crippen molar-refractivity contribution < 1.29 is 4.42 Å². The molecule has 20 heavy (non-hydrogen) atoms. The quantitative estimate of drug-likeness (QED) is 0.772. The number of nitrogens with one attached hydrogen (secondary N) is 1. The van der Waals surface area contributed by atoms with Gasteiger partial charge < -0.3 is 9.73 Å². The average Bonchev–Trinajstić information content (AvgIpc) is 3.02. The minimum Gasteiger partial charge on any atom is -0.441 e.